The Morgan fingerprint density at radius 3 is 2.75 bits per heavy atom. The van der Waals surface area contributed by atoms with Crippen molar-refractivity contribution in [1.29, 1.82) is 0 Å². The molecule has 0 unspecified atom stereocenters. The summed E-state index contributed by atoms with van der Waals surface area (Å²) in [7, 11) is 0. The summed E-state index contributed by atoms with van der Waals surface area (Å²) in [6.07, 6.45) is 3.08. The smallest absolute Gasteiger partial charge is 0.313 e. The topological polar surface area (TPSA) is 80.9 Å². The molecule has 2 heterocycles. The Labute approximate surface area is 121 Å². The monoisotopic (exact) mass is 292 g/mol. The van der Waals surface area contributed by atoms with Crippen molar-refractivity contribution in [3.05, 3.63) is 30.4 Å². The SMILES string of the molecule is CC(C)(C)c1cc(SCC(=O)O)n(-c2ccncn2)n1. The molecule has 0 radical (unpaired) electrons. The van der Waals surface area contributed by atoms with Crippen molar-refractivity contribution < 1.29 is 9.90 Å². The number of carbonyl (C=O) groups is 1. The third-order valence-corrected chi connectivity index (χ3v) is 3.55. The molecule has 2 aromatic rings. The molecule has 0 saturated carbocycles. The van der Waals surface area contributed by atoms with Crippen molar-refractivity contribution in [3.8, 4) is 5.82 Å². The first-order valence-corrected chi connectivity index (χ1v) is 7.08. The lowest BCUT2D eigenvalue weighted by molar-refractivity contribution is -0.133. The minimum atomic E-state index is -0.859. The largest absolute Gasteiger partial charge is 0.481 e. The normalized spacial score (nSPS) is 11.6. The van der Waals surface area contributed by atoms with E-state index in [4.69, 9.17) is 5.11 Å². The van der Waals surface area contributed by atoms with Gasteiger partial charge in [0, 0.05) is 17.7 Å². The highest BCUT2D eigenvalue weighted by atomic mass is 32.2. The molecule has 0 aliphatic rings. The minimum absolute atomic E-state index is 0.0135. The van der Waals surface area contributed by atoms with Gasteiger partial charge in [-0.25, -0.2) is 14.6 Å². The first kappa shape index (κ1) is 14.5. The maximum Gasteiger partial charge on any atom is 0.313 e. The van der Waals surface area contributed by atoms with Crippen LogP contribution in [0.3, 0.4) is 0 Å². The zero-order chi connectivity index (χ0) is 14.8. The molecule has 0 aromatic carbocycles. The number of nitrogens with zero attached hydrogens (tertiary/aromatic N) is 4. The fourth-order valence-electron chi connectivity index (χ4n) is 1.54. The molecule has 2 rings (SSSR count). The number of hydrogen-bond acceptors (Lipinski definition) is 5. The van der Waals surface area contributed by atoms with E-state index in [-0.39, 0.29) is 11.2 Å². The molecule has 7 heteroatoms. The molecule has 106 valence electrons. The molecule has 0 spiro atoms. The van der Waals surface area contributed by atoms with Crippen LogP contribution in [0, 0.1) is 0 Å². The van der Waals surface area contributed by atoms with Crippen molar-refractivity contribution in [1.82, 2.24) is 19.7 Å². The van der Waals surface area contributed by atoms with Crippen molar-refractivity contribution in [2.75, 3.05) is 5.75 Å². The van der Waals surface area contributed by atoms with Gasteiger partial charge < -0.3 is 5.11 Å². The van der Waals surface area contributed by atoms with Gasteiger partial charge in [-0.2, -0.15) is 5.10 Å². The summed E-state index contributed by atoms with van der Waals surface area (Å²) in [6.45, 7) is 6.18. The molecular formula is C13H16N4O2S. The second kappa shape index (κ2) is 5.62. The molecule has 0 aliphatic heterocycles. The first-order valence-electron chi connectivity index (χ1n) is 6.09. The van der Waals surface area contributed by atoms with Gasteiger partial charge in [0.25, 0.3) is 0 Å². The van der Waals surface area contributed by atoms with E-state index >= 15 is 0 Å². The molecular weight excluding hydrogens is 276 g/mol. The van der Waals surface area contributed by atoms with Crippen LogP contribution >= 0.6 is 11.8 Å². The van der Waals surface area contributed by atoms with Crippen LogP contribution in [0.1, 0.15) is 26.5 Å². The standard InChI is InChI=1S/C13H16N4O2S/c1-13(2,3)9-6-11(20-7-12(18)19)17(16-9)10-4-5-14-8-15-10/h4-6,8H,7H2,1-3H3,(H,18,19). The number of carboxylic acids is 1. The Morgan fingerprint density at radius 1 is 1.45 bits per heavy atom. The van der Waals surface area contributed by atoms with E-state index in [0.29, 0.717) is 5.82 Å². The number of aliphatic carboxylic acids is 1. The van der Waals surface area contributed by atoms with Crippen molar-refractivity contribution in [2.45, 2.75) is 31.2 Å². The average Bonchev–Trinajstić information content (AvgIpc) is 2.81. The zero-order valence-electron chi connectivity index (χ0n) is 11.6. The van der Waals surface area contributed by atoms with E-state index in [0.717, 1.165) is 10.7 Å². The molecule has 0 bridgehead atoms. The second-order valence-electron chi connectivity index (χ2n) is 5.28. The third-order valence-electron chi connectivity index (χ3n) is 2.57. The van der Waals surface area contributed by atoms with Crippen LogP contribution in [0.5, 0.6) is 0 Å². The number of aromatic nitrogens is 4. The highest BCUT2D eigenvalue weighted by Crippen LogP contribution is 2.28. The summed E-state index contributed by atoms with van der Waals surface area (Å²) in [5.74, 6) is -0.244. The Kier molecular flexibility index (Phi) is 4.08. The molecule has 6 nitrogen and oxygen atoms in total. The van der Waals surface area contributed by atoms with Gasteiger partial charge in [-0.1, -0.05) is 32.5 Å². The van der Waals surface area contributed by atoms with Crippen LogP contribution in [0.25, 0.3) is 5.82 Å². The number of hydrogen-bond donors (Lipinski definition) is 1. The second-order valence-corrected chi connectivity index (χ2v) is 6.28. The van der Waals surface area contributed by atoms with Gasteiger partial charge in [0.15, 0.2) is 5.82 Å². The fourth-order valence-corrected chi connectivity index (χ4v) is 2.27. The fraction of sp³-hybridized carbons (Fsp3) is 0.385. The van der Waals surface area contributed by atoms with Crippen molar-refractivity contribution in [2.24, 2.45) is 0 Å². The lowest BCUT2D eigenvalue weighted by Gasteiger charge is -2.13. The van der Waals surface area contributed by atoms with E-state index in [2.05, 4.69) is 35.8 Å². The van der Waals surface area contributed by atoms with E-state index in [1.165, 1.54) is 18.1 Å². The summed E-state index contributed by atoms with van der Waals surface area (Å²) in [5, 5.41) is 14.1. The summed E-state index contributed by atoms with van der Waals surface area (Å²) < 4.78 is 1.66. The van der Waals surface area contributed by atoms with Gasteiger partial charge in [0.1, 0.15) is 11.4 Å². The van der Waals surface area contributed by atoms with Gasteiger partial charge >= 0.3 is 5.97 Å². The molecule has 2 aromatic heterocycles. The maximum absolute atomic E-state index is 10.7. The molecule has 0 aliphatic carbocycles. The summed E-state index contributed by atoms with van der Waals surface area (Å²) >= 11 is 1.23. The number of carboxylic acid groups (broad SMARTS) is 1. The number of thioether (sulfide) groups is 1. The van der Waals surface area contributed by atoms with Crippen LogP contribution in [-0.4, -0.2) is 36.6 Å². The highest BCUT2D eigenvalue weighted by molar-refractivity contribution is 7.99. The van der Waals surface area contributed by atoms with Crippen LogP contribution in [0.2, 0.25) is 0 Å². The van der Waals surface area contributed by atoms with Gasteiger partial charge in [-0.15, -0.1) is 0 Å². The van der Waals surface area contributed by atoms with E-state index in [1.54, 1.807) is 16.9 Å². The van der Waals surface area contributed by atoms with E-state index in [9.17, 15) is 4.79 Å². The first-order chi connectivity index (χ1) is 9.38. The summed E-state index contributed by atoms with van der Waals surface area (Å²) in [5.41, 5.74) is 0.778. The van der Waals surface area contributed by atoms with Crippen molar-refractivity contribution in [3.63, 3.8) is 0 Å². The lowest BCUT2D eigenvalue weighted by Crippen LogP contribution is -2.12. The molecule has 20 heavy (non-hydrogen) atoms. The molecule has 0 fully saturated rings. The zero-order valence-corrected chi connectivity index (χ0v) is 12.4. The van der Waals surface area contributed by atoms with Gasteiger partial charge in [0.2, 0.25) is 0 Å². The molecule has 0 saturated heterocycles. The maximum atomic E-state index is 10.7. The number of rotatable bonds is 4. The molecule has 0 amide bonds. The Balaban J connectivity index is 2.42. The van der Waals surface area contributed by atoms with E-state index in [1.807, 2.05) is 6.07 Å². The Morgan fingerprint density at radius 2 is 2.20 bits per heavy atom. The van der Waals surface area contributed by atoms with Gasteiger partial charge in [0.05, 0.1) is 11.4 Å². The minimum Gasteiger partial charge on any atom is -0.481 e. The quantitative estimate of drug-likeness (QED) is 0.869. The lowest BCUT2D eigenvalue weighted by atomic mass is 9.93. The van der Waals surface area contributed by atoms with Crippen molar-refractivity contribution >= 4 is 17.7 Å². The van der Waals surface area contributed by atoms with Gasteiger partial charge in [-0.3, -0.25) is 4.79 Å². The third kappa shape index (κ3) is 3.36. The molecule has 1 N–H and O–H groups in total. The van der Waals surface area contributed by atoms with Crippen LogP contribution in [0.4, 0.5) is 0 Å². The van der Waals surface area contributed by atoms with E-state index < -0.39 is 5.97 Å². The summed E-state index contributed by atoms with van der Waals surface area (Å²) in [4.78, 5) is 18.8. The highest BCUT2D eigenvalue weighted by Gasteiger charge is 2.21. The summed E-state index contributed by atoms with van der Waals surface area (Å²) in [6, 6.07) is 3.65. The Hall–Kier alpha value is -1.89. The Bertz CT molecular complexity index is 605. The van der Waals surface area contributed by atoms with Crippen LogP contribution < -0.4 is 0 Å². The molecule has 0 atom stereocenters. The van der Waals surface area contributed by atoms with Crippen LogP contribution in [0.15, 0.2) is 29.7 Å². The average molecular weight is 292 g/mol. The van der Waals surface area contributed by atoms with Crippen LogP contribution in [-0.2, 0) is 10.2 Å². The predicted octanol–water partition coefficient (Wildman–Crippen LogP) is 2.14. The predicted molar refractivity (Wildman–Crippen MR) is 76.2 cm³/mol. The van der Waals surface area contributed by atoms with Gasteiger partial charge in [-0.05, 0) is 6.07 Å².